The minimum Gasteiger partial charge on any atom is -0.251 e. The van der Waals surface area contributed by atoms with Gasteiger partial charge in [-0.05, 0) is 61.6 Å². The van der Waals surface area contributed by atoms with Gasteiger partial charge in [0.15, 0.2) is 0 Å². The molecule has 1 aliphatic rings. The molecule has 0 N–H and O–H groups in total. The maximum atomic E-state index is 12.8. The third-order valence-electron chi connectivity index (χ3n) is 3.80. The maximum absolute atomic E-state index is 12.8. The summed E-state index contributed by atoms with van der Waals surface area (Å²) >= 11 is 0. The summed E-state index contributed by atoms with van der Waals surface area (Å²) in [5.41, 5.74) is 1.25. The van der Waals surface area contributed by atoms with E-state index in [9.17, 15) is 8.78 Å². The normalized spacial score (nSPS) is 24.6. The van der Waals surface area contributed by atoms with Crippen molar-refractivity contribution in [1.29, 1.82) is 0 Å². The lowest BCUT2D eigenvalue weighted by atomic mass is 9.78. The molecule has 98 valence electrons. The molecule has 1 aliphatic carbocycles. The summed E-state index contributed by atoms with van der Waals surface area (Å²) in [6.45, 7) is -0.262. The van der Waals surface area contributed by atoms with Crippen LogP contribution in [0.4, 0.5) is 8.78 Å². The summed E-state index contributed by atoms with van der Waals surface area (Å²) in [5.74, 6) is 1.01. The third-order valence-corrected chi connectivity index (χ3v) is 3.80. The highest BCUT2D eigenvalue weighted by molar-refractivity contribution is 5.21. The Balaban J connectivity index is 1.84. The highest BCUT2D eigenvalue weighted by Gasteiger charge is 2.20. The molecule has 0 aliphatic heterocycles. The molecule has 0 saturated heterocycles. The van der Waals surface area contributed by atoms with Crippen LogP contribution in [0.15, 0.2) is 36.4 Å². The molecular weight excluding hydrogens is 230 g/mol. The van der Waals surface area contributed by atoms with E-state index in [1.54, 1.807) is 12.1 Å². The fourth-order valence-electron chi connectivity index (χ4n) is 2.73. The van der Waals surface area contributed by atoms with E-state index in [-0.39, 0.29) is 12.5 Å². The second-order valence-corrected chi connectivity index (χ2v) is 5.07. The lowest BCUT2D eigenvalue weighted by molar-refractivity contribution is 0.374. The zero-order chi connectivity index (χ0) is 12.8. The van der Waals surface area contributed by atoms with Crippen LogP contribution in [0.2, 0.25) is 0 Å². The first-order valence-electron chi connectivity index (χ1n) is 6.77. The molecule has 2 heteroatoms. The van der Waals surface area contributed by atoms with Gasteiger partial charge in [-0.3, -0.25) is 4.39 Å². The van der Waals surface area contributed by atoms with Crippen molar-refractivity contribution in [3.63, 3.8) is 0 Å². The van der Waals surface area contributed by atoms with Gasteiger partial charge in [0.25, 0.3) is 0 Å². The van der Waals surface area contributed by atoms with Crippen molar-refractivity contribution in [3.8, 4) is 0 Å². The summed E-state index contributed by atoms with van der Waals surface area (Å²) in [5, 5.41) is 0. The van der Waals surface area contributed by atoms with Crippen molar-refractivity contribution in [2.45, 2.75) is 38.0 Å². The molecule has 0 nitrogen and oxygen atoms in total. The Morgan fingerprint density at radius 1 is 1.06 bits per heavy atom. The second-order valence-electron chi connectivity index (χ2n) is 5.07. The monoisotopic (exact) mass is 250 g/mol. The van der Waals surface area contributed by atoms with Crippen LogP contribution in [-0.2, 0) is 0 Å². The van der Waals surface area contributed by atoms with Crippen LogP contribution >= 0.6 is 0 Å². The minimum absolute atomic E-state index is 0.165. The number of hydrogen-bond acceptors (Lipinski definition) is 0. The van der Waals surface area contributed by atoms with Crippen LogP contribution in [0.3, 0.4) is 0 Å². The van der Waals surface area contributed by atoms with E-state index < -0.39 is 0 Å². The zero-order valence-corrected chi connectivity index (χ0v) is 10.6. The quantitative estimate of drug-likeness (QED) is 0.658. The molecule has 1 saturated carbocycles. The molecule has 0 amide bonds. The number of allylic oxidation sites excluding steroid dienone is 2. The Kier molecular flexibility index (Phi) is 4.91. The van der Waals surface area contributed by atoms with Crippen molar-refractivity contribution < 1.29 is 8.78 Å². The molecule has 2 rings (SSSR count). The van der Waals surface area contributed by atoms with Crippen molar-refractivity contribution in [3.05, 3.63) is 47.8 Å². The van der Waals surface area contributed by atoms with Crippen LogP contribution in [0.1, 0.15) is 43.6 Å². The Morgan fingerprint density at radius 2 is 1.72 bits per heavy atom. The molecule has 1 aromatic carbocycles. The van der Waals surface area contributed by atoms with E-state index in [1.165, 1.54) is 5.56 Å². The third kappa shape index (κ3) is 3.66. The smallest absolute Gasteiger partial charge is 0.123 e. The van der Waals surface area contributed by atoms with E-state index in [0.29, 0.717) is 18.3 Å². The van der Waals surface area contributed by atoms with Gasteiger partial charge in [0.05, 0.1) is 6.67 Å². The van der Waals surface area contributed by atoms with Crippen LogP contribution in [0.25, 0.3) is 0 Å². The van der Waals surface area contributed by atoms with Gasteiger partial charge in [0.1, 0.15) is 5.82 Å². The second kappa shape index (κ2) is 6.67. The summed E-state index contributed by atoms with van der Waals surface area (Å²) in [4.78, 5) is 0. The lowest BCUT2D eigenvalue weighted by Gasteiger charge is -2.27. The average Bonchev–Trinajstić information content (AvgIpc) is 2.41. The van der Waals surface area contributed by atoms with Crippen molar-refractivity contribution in [1.82, 2.24) is 0 Å². The molecule has 0 radical (unpaired) electrons. The van der Waals surface area contributed by atoms with Gasteiger partial charge in [-0.25, -0.2) is 4.39 Å². The van der Waals surface area contributed by atoms with Gasteiger partial charge in [-0.2, -0.15) is 0 Å². The van der Waals surface area contributed by atoms with Gasteiger partial charge >= 0.3 is 0 Å². The van der Waals surface area contributed by atoms with Crippen LogP contribution in [0.5, 0.6) is 0 Å². The van der Waals surface area contributed by atoms with Crippen molar-refractivity contribution >= 4 is 0 Å². The molecule has 0 unspecified atom stereocenters. The van der Waals surface area contributed by atoms with Gasteiger partial charge in [0, 0.05) is 0 Å². The first-order chi connectivity index (χ1) is 8.79. The number of halogens is 2. The largest absolute Gasteiger partial charge is 0.251 e. The Hall–Kier alpha value is -1.18. The van der Waals surface area contributed by atoms with E-state index in [0.717, 1.165) is 25.7 Å². The molecule has 1 aromatic rings. The molecule has 0 heterocycles. The summed E-state index contributed by atoms with van der Waals surface area (Å²) in [7, 11) is 0. The van der Waals surface area contributed by atoms with Gasteiger partial charge < -0.3 is 0 Å². The summed E-state index contributed by atoms with van der Waals surface area (Å²) in [6, 6.07) is 6.89. The maximum Gasteiger partial charge on any atom is 0.123 e. The molecule has 0 spiro atoms. The lowest BCUT2D eigenvalue weighted by Crippen LogP contribution is -2.11. The first-order valence-corrected chi connectivity index (χ1v) is 6.77. The van der Waals surface area contributed by atoms with E-state index >= 15 is 0 Å². The molecule has 18 heavy (non-hydrogen) atoms. The molecular formula is C16H20F2. The van der Waals surface area contributed by atoms with Crippen LogP contribution in [-0.4, -0.2) is 6.67 Å². The SMILES string of the molecule is FCCC=CC1CCC(c2ccc(F)cc2)CC1. The highest BCUT2D eigenvalue weighted by Crippen LogP contribution is 2.36. The van der Waals surface area contributed by atoms with Crippen molar-refractivity contribution in [2.24, 2.45) is 5.92 Å². The fraction of sp³-hybridized carbons (Fsp3) is 0.500. The Labute approximate surface area is 108 Å². The molecule has 0 atom stereocenters. The fourth-order valence-corrected chi connectivity index (χ4v) is 2.73. The number of hydrogen-bond donors (Lipinski definition) is 0. The average molecular weight is 250 g/mol. The van der Waals surface area contributed by atoms with Gasteiger partial charge in [-0.15, -0.1) is 0 Å². The number of benzene rings is 1. The summed E-state index contributed by atoms with van der Waals surface area (Å²) < 4.78 is 24.8. The Bertz CT molecular complexity index is 373. The summed E-state index contributed by atoms with van der Waals surface area (Å²) in [6.07, 6.45) is 9.28. The van der Waals surface area contributed by atoms with E-state index in [4.69, 9.17) is 0 Å². The topological polar surface area (TPSA) is 0 Å². The first kappa shape index (κ1) is 13.3. The Morgan fingerprint density at radius 3 is 2.33 bits per heavy atom. The number of alkyl halides is 1. The van der Waals surface area contributed by atoms with Crippen molar-refractivity contribution in [2.75, 3.05) is 6.67 Å². The minimum atomic E-state index is -0.262. The van der Waals surface area contributed by atoms with Crippen LogP contribution in [0, 0.1) is 11.7 Å². The van der Waals surface area contributed by atoms with Gasteiger partial charge in [0.2, 0.25) is 0 Å². The van der Waals surface area contributed by atoms with E-state index in [1.807, 2.05) is 18.2 Å². The van der Waals surface area contributed by atoms with Crippen LogP contribution < -0.4 is 0 Å². The predicted octanol–water partition coefficient (Wildman–Crippen LogP) is 5.02. The standard InChI is InChI=1S/C16H20F2/c17-12-2-1-3-13-4-6-14(7-5-13)15-8-10-16(18)11-9-15/h1,3,8-11,13-14H,2,4-7,12H2. The van der Waals surface area contributed by atoms with E-state index in [2.05, 4.69) is 6.08 Å². The highest BCUT2D eigenvalue weighted by atomic mass is 19.1. The molecule has 0 aromatic heterocycles. The van der Waals surface area contributed by atoms with Gasteiger partial charge in [-0.1, -0.05) is 24.3 Å². The predicted molar refractivity (Wildman–Crippen MR) is 70.8 cm³/mol. The molecule has 0 bridgehead atoms. The molecule has 1 fully saturated rings. The number of rotatable bonds is 4. The zero-order valence-electron chi connectivity index (χ0n) is 10.6.